The molecule has 30 heavy (non-hydrogen) atoms. The molecule has 0 aliphatic rings. The van der Waals surface area contributed by atoms with E-state index in [1.54, 1.807) is 36.5 Å². The summed E-state index contributed by atoms with van der Waals surface area (Å²) in [5, 5.41) is 2.91. The quantitative estimate of drug-likeness (QED) is 0.529. The highest BCUT2D eigenvalue weighted by molar-refractivity contribution is 6.04. The van der Waals surface area contributed by atoms with E-state index in [-0.39, 0.29) is 5.91 Å². The van der Waals surface area contributed by atoms with E-state index >= 15 is 0 Å². The smallest absolute Gasteiger partial charge is 0.255 e. The average Bonchev–Trinajstić information content (AvgIpc) is 3.15. The number of imidazole rings is 1. The molecule has 1 N–H and O–H groups in total. The maximum Gasteiger partial charge on any atom is 0.255 e. The number of ether oxygens (including phenoxy) is 1. The molecule has 2 heterocycles. The number of carbonyl (C=O) groups is 1. The maximum atomic E-state index is 12.5. The number of rotatable bonds is 5. The van der Waals surface area contributed by atoms with E-state index in [0.717, 1.165) is 17.0 Å². The fourth-order valence-electron chi connectivity index (χ4n) is 3.17. The van der Waals surface area contributed by atoms with Gasteiger partial charge in [0.2, 0.25) is 5.88 Å². The van der Waals surface area contributed by atoms with Gasteiger partial charge < -0.3 is 10.1 Å². The first-order valence-corrected chi connectivity index (χ1v) is 9.48. The summed E-state index contributed by atoms with van der Waals surface area (Å²) in [4.78, 5) is 25.1. The van der Waals surface area contributed by atoms with Crippen LogP contribution in [0.4, 0.5) is 5.69 Å². The van der Waals surface area contributed by atoms with Gasteiger partial charge in [0.1, 0.15) is 23.7 Å². The van der Waals surface area contributed by atoms with Crippen molar-refractivity contribution >= 4 is 11.6 Å². The van der Waals surface area contributed by atoms with Crippen molar-refractivity contribution < 1.29 is 9.53 Å². The van der Waals surface area contributed by atoms with Gasteiger partial charge in [-0.05, 0) is 57.2 Å². The van der Waals surface area contributed by atoms with Gasteiger partial charge in [0.15, 0.2) is 0 Å². The Balaban J connectivity index is 1.45. The molecule has 1 amide bonds. The highest BCUT2D eigenvalue weighted by Crippen LogP contribution is 2.23. The lowest BCUT2D eigenvalue weighted by Crippen LogP contribution is -2.12. The van der Waals surface area contributed by atoms with Crippen LogP contribution in [0.15, 0.2) is 67.3 Å². The molecule has 7 heteroatoms. The maximum absolute atomic E-state index is 12.5. The Morgan fingerprint density at radius 2 is 1.67 bits per heavy atom. The van der Waals surface area contributed by atoms with Crippen molar-refractivity contribution in [1.82, 2.24) is 19.5 Å². The topological polar surface area (TPSA) is 81.9 Å². The molecule has 7 nitrogen and oxygen atoms in total. The highest BCUT2D eigenvalue weighted by atomic mass is 16.5. The summed E-state index contributed by atoms with van der Waals surface area (Å²) in [6.45, 7) is 5.85. The van der Waals surface area contributed by atoms with E-state index in [4.69, 9.17) is 4.74 Å². The summed E-state index contributed by atoms with van der Waals surface area (Å²) in [6, 6.07) is 14.7. The monoisotopic (exact) mass is 399 g/mol. The zero-order valence-electron chi connectivity index (χ0n) is 17.0. The number of hydrogen-bond donors (Lipinski definition) is 1. The predicted molar refractivity (Wildman–Crippen MR) is 114 cm³/mol. The van der Waals surface area contributed by atoms with Gasteiger partial charge >= 0.3 is 0 Å². The molecule has 0 radical (unpaired) electrons. The number of nitrogens with one attached hydrogen (secondary N) is 1. The van der Waals surface area contributed by atoms with E-state index in [2.05, 4.69) is 20.3 Å². The van der Waals surface area contributed by atoms with Crippen LogP contribution in [0.2, 0.25) is 0 Å². The van der Waals surface area contributed by atoms with Crippen LogP contribution in [0.3, 0.4) is 0 Å². The molecule has 2 aromatic heterocycles. The summed E-state index contributed by atoms with van der Waals surface area (Å²) in [7, 11) is 0. The highest BCUT2D eigenvalue weighted by Gasteiger charge is 2.09. The van der Waals surface area contributed by atoms with Crippen LogP contribution in [0.1, 0.15) is 27.3 Å². The van der Waals surface area contributed by atoms with Crippen LogP contribution in [-0.4, -0.2) is 25.4 Å². The van der Waals surface area contributed by atoms with Gasteiger partial charge in [-0.3, -0.25) is 9.36 Å². The van der Waals surface area contributed by atoms with Gasteiger partial charge in [-0.25, -0.2) is 15.0 Å². The van der Waals surface area contributed by atoms with Crippen LogP contribution < -0.4 is 10.1 Å². The van der Waals surface area contributed by atoms with Crippen LogP contribution in [0, 0.1) is 20.8 Å². The first-order chi connectivity index (χ1) is 14.5. The number of benzene rings is 2. The fourth-order valence-corrected chi connectivity index (χ4v) is 3.17. The third kappa shape index (κ3) is 4.35. The minimum absolute atomic E-state index is 0.147. The molecule has 0 bridgehead atoms. The number of nitrogens with zero attached hydrogens (tertiary/aromatic N) is 4. The van der Waals surface area contributed by atoms with Crippen LogP contribution in [0.25, 0.3) is 5.82 Å². The number of aromatic nitrogens is 4. The molecule has 0 unspecified atom stereocenters. The van der Waals surface area contributed by atoms with Gasteiger partial charge in [0, 0.05) is 29.7 Å². The lowest BCUT2D eigenvalue weighted by Gasteiger charge is -2.09. The largest absolute Gasteiger partial charge is 0.439 e. The summed E-state index contributed by atoms with van der Waals surface area (Å²) >= 11 is 0. The van der Waals surface area contributed by atoms with Crippen molar-refractivity contribution in [3.63, 3.8) is 0 Å². The van der Waals surface area contributed by atoms with Crippen molar-refractivity contribution in [3.8, 4) is 17.4 Å². The van der Waals surface area contributed by atoms with E-state index in [1.165, 1.54) is 6.33 Å². The molecular formula is C23H21N5O2. The first-order valence-electron chi connectivity index (χ1n) is 9.48. The van der Waals surface area contributed by atoms with Crippen molar-refractivity contribution in [2.75, 3.05) is 5.32 Å². The normalized spacial score (nSPS) is 10.6. The van der Waals surface area contributed by atoms with Gasteiger partial charge in [0.05, 0.1) is 0 Å². The average molecular weight is 399 g/mol. The van der Waals surface area contributed by atoms with E-state index in [9.17, 15) is 4.79 Å². The number of carbonyl (C=O) groups excluding carboxylic acids is 1. The molecule has 0 saturated heterocycles. The van der Waals surface area contributed by atoms with E-state index in [0.29, 0.717) is 28.7 Å². The Morgan fingerprint density at radius 3 is 2.33 bits per heavy atom. The lowest BCUT2D eigenvalue weighted by molar-refractivity contribution is 0.102. The molecule has 0 spiro atoms. The summed E-state index contributed by atoms with van der Waals surface area (Å²) in [6.07, 6.45) is 4.99. The van der Waals surface area contributed by atoms with Gasteiger partial charge in [-0.1, -0.05) is 17.2 Å². The van der Waals surface area contributed by atoms with Gasteiger partial charge in [-0.15, -0.1) is 0 Å². The number of amides is 1. The predicted octanol–water partition coefficient (Wildman–Crippen LogP) is 4.63. The van der Waals surface area contributed by atoms with Crippen molar-refractivity contribution in [2.24, 2.45) is 0 Å². The Bertz CT molecular complexity index is 1180. The number of hydrogen-bond acceptors (Lipinski definition) is 5. The van der Waals surface area contributed by atoms with E-state index < -0.39 is 0 Å². The molecule has 0 saturated carbocycles. The Morgan fingerprint density at radius 1 is 0.933 bits per heavy atom. The SMILES string of the molecule is Cc1cc(C)cc(C(=O)Nc2ccc(Oc3cc(-n4ccnc4C)ncn3)cc2)c1. The second-order valence-electron chi connectivity index (χ2n) is 7.02. The zero-order valence-corrected chi connectivity index (χ0v) is 17.0. The molecule has 4 rings (SSSR count). The van der Waals surface area contributed by atoms with Crippen LogP contribution >= 0.6 is 0 Å². The van der Waals surface area contributed by atoms with E-state index in [1.807, 2.05) is 49.7 Å². The molecular weight excluding hydrogens is 378 g/mol. The number of anilines is 1. The Labute approximate surface area is 174 Å². The lowest BCUT2D eigenvalue weighted by atomic mass is 10.1. The van der Waals surface area contributed by atoms with Crippen molar-refractivity contribution in [3.05, 3.63) is 89.8 Å². The first kappa shape index (κ1) is 19.3. The van der Waals surface area contributed by atoms with Crippen LogP contribution in [0.5, 0.6) is 11.6 Å². The summed E-state index contributed by atoms with van der Waals surface area (Å²) < 4.78 is 7.68. The second-order valence-corrected chi connectivity index (χ2v) is 7.02. The van der Waals surface area contributed by atoms with Crippen LogP contribution in [-0.2, 0) is 0 Å². The number of aryl methyl sites for hydroxylation is 3. The third-order valence-electron chi connectivity index (χ3n) is 4.52. The van der Waals surface area contributed by atoms with Crippen molar-refractivity contribution in [2.45, 2.75) is 20.8 Å². The molecule has 0 atom stereocenters. The summed E-state index contributed by atoms with van der Waals surface area (Å²) in [5.41, 5.74) is 3.43. The second kappa shape index (κ2) is 8.16. The molecule has 150 valence electrons. The third-order valence-corrected chi connectivity index (χ3v) is 4.52. The standard InChI is InChI=1S/C23H21N5O2/c1-15-10-16(2)12-18(11-15)23(29)27-19-4-6-20(7-5-19)30-22-13-21(25-14-26-22)28-9-8-24-17(28)3/h4-14H,1-3H3,(H,27,29). The summed E-state index contributed by atoms with van der Waals surface area (Å²) in [5.74, 6) is 2.37. The fraction of sp³-hybridized carbons (Fsp3) is 0.130. The zero-order chi connectivity index (χ0) is 21.1. The Hall–Kier alpha value is -4.00. The van der Waals surface area contributed by atoms with Gasteiger partial charge in [0.25, 0.3) is 5.91 Å². The molecule has 0 fully saturated rings. The van der Waals surface area contributed by atoms with Gasteiger partial charge in [-0.2, -0.15) is 0 Å². The van der Waals surface area contributed by atoms with Crippen molar-refractivity contribution in [1.29, 1.82) is 0 Å². The Kier molecular flexibility index (Phi) is 5.26. The molecule has 0 aliphatic carbocycles. The molecule has 4 aromatic rings. The molecule has 0 aliphatic heterocycles. The minimum atomic E-state index is -0.147. The minimum Gasteiger partial charge on any atom is -0.439 e. The molecule has 2 aromatic carbocycles.